The zero-order valence-electron chi connectivity index (χ0n) is 9.25. The SMILES string of the molecule is CNC(=O)[C@@H](C)C1C[C@H]2CCC[C@H]2C1. The molecule has 0 aromatic carbocycles. The van der Waals surface area contributed by atoms with Crippen molar-refractivity contribution in [1.29, 1.82) is 0 Å². The molecular formula is C12H21NO. The molecule has 2 rings (SSSR count). The topological polar surface area (TPSA) is 29.1 Å². The standard InChI is InChI=1S/C12H21NO/c1-8(12(14)13-2)11-6-9-4-3-5-10(9)7-11/h8-11H,3-7H2,1-2H3,(H,13,14)/t8-,9-,10+,11?/m0/s1. The van der Waals surface area contributed by atoms with Crippen LogP contribution in [-0.2, 0) is 4.79 Å². The summed E-state index contributed by atoms with van der Waals surface area (Å²) in [5, 5.41) is 2.77. The third-order valence-corrected chi connectivity index (χ3v) is 4.39. The summed E-state index contributed by atoms with van der Waals surface area (Å²) in [6.07, 6.45) is 6.87. The predicted octanol–water partition coefficient (Wildman–Crippen LogP) is 2.19. The number of carbonyl (C=O) groups excluding carboxylic acids is 1. The van der Waals surface area contributed by atoms with E-state index in [0.717, 1.165) is 11.8 Å². The van der Waals surface area contributed by atoms with E-state index in [1.54, 1.807) is 7.05 Å². The average Bonchev–Trinajstić information content (AvgIpc) is 2.74. The van der Waals surface area contributed by atoms with Crippen molar-refractivity contribution in [2.24, 2.45) is 23.7 Å². The average molecular weight is 195 g/mol. The van der Waals surface area contributed by atoms with E-state index in [1.807, 2.05) is 0 Å². The zero-order valence-corrected chi connectivity index (χ0v) is 9.25. The molecule has 0 saturated heterocycles. The minimum atomic E-state index is 0.227. The lowest BCUT2D eigenvalue weighted by molar-refractivity contribution is -0.125. The molecule has 2 fully saturated rings. The van der Waals surface area contributed by atoms with Gasteiger partial charge in [0.15, 0.2) is 0 Å². The maximum atomic E-state index is 11.5. The molecule has 2 aliphatic carbocycles. The van der Waals surface area contributed by atoms with E-state index in [9.17, 15) is 4.79 Å². The van der Waals surface area contributed by atoms with Crippen LogP contribution < -0.4 is 5.32 Å². The fraction of sp³-hybridized carbons (Fsp3) is 0.917. The Labute approximate surface area is 86.5 Å². The number of rotatable bonds is 2. The van der Waals surface area contributed by atoms with Gasteiger partial charge in [0.05, 0.1) is 0 Å². The van der Waals surface area contributed by atoms with Gasteiger partial charge < -0.3 is 5.32 Å². The Hall–Kier alpha value is -0.530. The molecule has 0 spiro atoms. The third kappa shape index (κ3) is 1.67. The van der Waals surface area contributed by atoms with Gasteiger partial charge in [0.25, 0.3) is 0 Å². The molecule has 0 aliphatic heterocycles. The van der Waals surface area contributed by atoms with Gasteiger partial charge in [-0.1, -0.05) is 26.2 Å². The lowest BCUT2D eigenvalue weighted by atomic mass is 9.89. The second-order valence-electron chi connectivity index (χ2n) is 5.09. The van der Waals surface area contributed by atoms with Crippen LogP contribution in [0.5, 0.6) is 0 Å². The normalized spacial score (nSPS) is 38.0. The molecule has 14 heavy (non-hydrogen) atoms. The minimum absolute atomic E-state index is 0.227. The maximum absolute atomic E-state index is 11.5. The van der Waals surface area contributed by atoms with Crippen LogP contribution in [-0.4, -0.2) is 13.0 Å². The number of nitrogens with one attached hydrogen (secondary N) is 1. The van der Waals surface area contributed by atoms with Crippen LogP contribution in [0.25, 0.3) is 0 Å². The highest BCUT2D eigenvalue weighted by molar-refractivity contribution is 5.78. The number of amides is 1. The Morgan fingerprint density at radius 3 is 2.36 bits per heavy atom. The van der Waals surface area contributed by atoms with Crippen LogP contribution in [0.1, 0.15) is 39.0 Å². The highest BCUT2D eigenvalue weighted by Crippen LogP contribution is 2.48. The van der Waals surface area contributed by atoms with E-state index in [-0.39, 0.29) is 11.8 Å². The van der Waals surface area contributed by atoms with Crippen molar-refractivity contribution in [3.8, 4) is 0 Å². The summed E-state index contributed by atoms with van der Waals surface area (Å²) in [6.45, 7) is 2.09. The molecule has 0 heterocycles. The summed E-state index contributed by atoms with van der Waals surface area (Å²) in [6, 6.07) is 0. The molecule has 2 aliphatic rings. The lowest BCUT2D eigenvalue weighted by Crippen LogP contribution is -2.29. The van der Waals surface area contributed by atoms with Gasteiger partial charge in [-0.2, -0.15) is 0 Å². The van der Waals surface area contributed by atoms with E-state index in [0.29, 0.717) is 5.92 Å². The van der Waals surface area contributed by atoms with Gasteiger partial charge in [-0.25, -0.2) is 0 Å². The van der Waals surface area contributed by atoms with Crippen LogP contribution in [0.4, 0.5) is 0 Å². The summed E-state index contributed by atoms with van der Waals surface area (Å²) >= 11 is 0. The number of fused-ring (bicyclic) bond motifs is 1. The summed E-state index contributed by atoms with van der Waals surface area (Å²) < 4.78 is 0. The largest absolute Gasteiger partial charge is 0.359 e. The molecule has 1 unspecified atom stereocenters. The van der Waals surface area contributed by atoms with E-state index in [4.69, 9.17) is 0 Å². The summed E-state index contributed by atoms with van der Waals surface area (Å²) in [5.41, 5.74) is 0. The van der Waals surface area contributed by atoms with E-state index < -0.39 is 0 Å². The predicted molar refractivity (Wildman–Crippen MR) is 56.8 cm³/mol. The fourth-order valence-electron chi connectivity index (χ4n) is 3.46. The Morgan fingerprint density at radius 1 is 1.29 bits per heavy atom. The van der Waals surface area contributed by atoms with Gasteiger partial charge in [0.1, 0.15) is 0 Å². The highest BCUT2D eigenvalue weighted by atomic mass is 16.1. The Balaban J connectivity index is 1.92. The first-order valence-corrected chi connectivity index (χ1v) is 5.94. The van der Waals surface area contributed by atoms with Crippen molar-refractivity contribution in [2.75, 3.05) is 7.05 Å². The second kappa shape index (κ2) is 3.92. The third-order valence-electron chi connectivity index (χ3n) is 4.39. The van der Waals surface area contributed by atoms with Gasteiger partial charge in [-0.15, -0.1) is 0 Å². The fourth-order valence-corrected chi connectivity index (χ4v) is 3.46. The van der Waals surface area contributed by atoms with E-state index in [1.165, 1.54) is 32.1 Å². The van der Waals surface area contributed by atoms with E-state index in [2.05, 4.69) is 12.2 Å². The Bertz CT molecular complexity index is 214. The Morgan fingerprint density at radius 2 is 1.86 bits per heavy atom. The number of hydrogen-bond acceptors (Lipinski definition) is 1. The molecule has 0 radical (unpaired) electrons. The molecule has 0 aromatic rings. The van der Waals surface area contributed by atoms with Crippen molar-refractivity contribution >= 4 is 5.91 Å². The quantitative estimate of drug-likeness (QED) is 0.719. The van der Waals surface area contributed by atoms with E-state index >= 15 is 0 Å². The summed E-state index contributed by atoms with van der Waals surface area (Å²) in [7, 11) is 1.74. The molecule has 2 nitrogen and oxygen atoms in total. The first-order valence-electron chi connectivity index (χ1n) is 5.94. The highest BCUT2D eigenvalue weighted by Gasteiger charge is 2.40. The summed E-state index contributed by atoms with van der Waals surface area (Å²) in [5.74, 6) is 3.02. The van der Waals surface area contributed by atoms with Gasteiger partial charge in [-0.05, 0) is 30.6 Å². The zero-order chi connectivity index (χ0) is 10.1. The molecule has 0 bridgehead atoms. The van der Waals surface area contributed by atoms with Crippen molar-refractivity contribution in [3.63, 3.8) is 0 Å². The molecule has 4 atom stereocenters. The van der Waals surface area contributed by atoms with Gasteiger partial charge in [0, 0.05) is 13.0 Å². The lowest BCUT2D eigenvalue weighted by Gasteiger charge is -2.18. The second-order valence-corrected chi connectivity index (χ2v) is 5.09. The maximum Gasteiger partial charge on any atom is 0.222 e. The summed E-state index contributed by atoms with van der Waals surface area (Å²) in [4.78, 5) is 11.5. The smallest absolute Gasteiger partial charge is 0.222 e. The molecule has 1 N–H and O–H groups in total. The van der Waals surface area contributed by atoms with Crippen LogP contribution in [0.2, 0.25) is 0 Å². The van der Waals surface area contributed by atoms with Crippen LogP contribution in [0.3, 0.4) is 0 Å². The van der Waals surface area contributed by atoms with Crippen molar-refractivity contribution in [2.45, 2.75) is 39.0 Å². The molecule has 2 saturated carbocycles. The van der Waals surface area contributed by atoms with Crippen molar-refractivity contribution in [1.82, 2.24) is 5.32 Å². The monoisotopic (exact) mass is 195 g/mol. The number of hydrogen-bond donors (Lipinski definition) is 1. The van der Waals surface area contributed by atoms with Gasteiger partial charge in [-0.3, -0.25) is 4.79 Å². The van der Waals surface area contributed by atoms with Gasteiger partial charge in [0.2, 0.25) is 5.91 Å². The number of carbonyl (C=O) groups is 1. The van der Waals surface area contributed by atoms with Crippen LogP contribution in [0.15, 0.2) is 0 Å². The molecular weight excluding hydrogens is 174 g/mol. The molecule has 0 aromatic heterocycles. The van der Waals surface area contributed by atoms with Crippen LogP contribution >= 0.6 is 0 Å². The van der Waals surface area contributed by atoms with Crippen molar-refractivity contribution < 1.29 is 4.79 Å². The molecule has 80 valence electrons. The minimum Gasteiger partial charge on any atom is -0.359 e. The van der Waals surface area contributed by atoms with Crippen molar-refractivity contribution in [3.05, 3.63) is 0 Å². The van der Waals surface area contributed by atoms with Crippen LogP contribution in [0, 0.1) is 23.7 Å². The first kappa shape index (κ1) is 10.0. The molecule has 1 amide bonds. The molecule has 2 heteroatoms. The first-order chi connectivity index (χ1) is 6.72. The van der Waals surface area contributed by atoms with Gasteiger partial charge >= 0.3 is 0 Å². The Kier molecular flexibility index (Phi) is 2.80.